The zero-order chi connectivity index (χ0) is 32.7. The van der Waals surface area contributed by atoms with Crippen LogP contribution in [0.4, 0.5) is 16.2 Å². The number of nitrogens with one attached hydrogen (secondary N) is 1. The molecule has 0 aromatic heterocycles. The van der Waals surface area contributed by atoms with E-state index in [9.17, 15) is 14.4 Å². The number of ether oxygens (including phenoxy) is 2. The topological polar surface area (TPSA) is 88.2 Å². The van der Waals surface area contributed by atoms with Crippen molar-refractivity contribution in [2.45, 2.75) is 44.6 Å². The summed E-state index contributed by atoms with van der Waals surface area (Å²) in [7, 11) is 1.54. The highest BCUT2D eigenvalue weighted by Gasteiger charge is 2.40. The molecule has 4 aromatic carbocycles. The number of nitrogens with zero attached hydrogens (tertiary/aromatic N) is 2. The first-order valence-electron chi connectivity index (χ1n) is 16.1. The molecule has 7 rings (SSSR count). The van der Waals surface area contributed by atoms with Crippen LogP contribution in [-0.4, -0.2) is 44.1 Å². The number of urea groups is 1. The van der Waals surface area contributed by atoms with Crippen molar-refractivity contribution in [3.05, 3.63) is 124 Å². The van der Waals surface area contributed by atoms with E-state index in [1.807, 2.05) is 62.4 Å². The third-order valence-electron chi connectivity index (χ3n) is 9.22. The van der Waals surface area contributed by atoms with Crippen molar-refractivity contribution >= 4 is 35.3 Å². The van der Waals surface area contributed by atoms with Crippen LogP contribution in [0.15, 0.2) is 96.6 Å². The summed E-state index contributed by atoms with van der Waals surface area (Å²) in [4.78, 5) is 44.4. The maximum absolute atomic E-state index is 14.2. The second-order valence-electron chi connectivity index (χ2n) is 12.5. The highest BCUT2D eigenvalue weighted by atomic mass is 16.5. The van der Waals surface area contributed by atoms with E-state index in [1.54, 1.807) is 18.2 Å². The average Bonchev–Trinajstić information content (AvgIpc) is 3.08. The lowest BCUT2D eigenvalue weighted by atomic mass is 9.76. The Bertz CT molecular complexity index is 1810. The molecule has 4 aromatic rings. The Kier molecular flexibility index (Phi) is 8.02. The highest BCUT2D eigenvalue weighted by Crippen LogP contribution is 2.50. The van der Waals surface area contributed by atoms with Crippen LogP contribution in [0, 0.1) is 0 Å². The van der Waals surface area contributed by atoms with E-state index in [0.717, 1.165) is 42.0 Å². The van der Waals surface area contributed by atoms with E-state index in [4.69, 9.17) is 9.47 Å². The van der Waals surface area contributed by atoms with Gasteiger partial charge in [-0.1, -0.05) is 66.7 Å². The summed E-state index contributed by atoms with van der Waals surface area (Å²) in [6, 6.07) is 29.2. The van der Waals surface area contributed by atoms with E-state index in [0.29, 0.717) is 22.7 Å². The number of amides is 4. The zero-order valence-electron chi connectivity index (χ0n) is 26.7. The molecule has 4 amide bonds. The first-order chi connectivity index (χ1) is 22.8. The van der Waals surface area contributed by atoms with Crippen molar-refractivity contribution in [2.75, 3.05) is 30.0 Å². The fourth-order valence-corrected chi connectivity index (χ4v) is 7.15. The molecular weight excluding hydrogens is 590 g/mol. The maximum atomic E-state index is 14.2. The Labute approximate surface area is 274 Å². The third kappa shape index (κ3) is 5.65. The molecule has 3 aliphatic heterocycles. The van der Waals surface area contributed by atoms with Crippen LogP contribution in [0.5, 0.6) is 11.5 Å². The van der Waals surface area contributed by atoms with E-state index in [-0.39, 0.29) is 23.5 Å². The normalized spacial score (nSPS) is 19.9. The largest absolute Gasteiger partial charge is 0.493 e. The average molecular weight is 628 g/mol. The molecule has 0 radical (unpaired) electrons. The molecule has 2 atom stereocenters. The lowest BCUT2D eigenvalue weighted by molar-refractivity contribution is -0.122. The van der Waals surface area contributed by atoms with Crippen molar-refractivity contribution < 1.29 is 23.9 Å². The second kappa shape index (κ2) is 12.4. The minimum absolute atomic E-state index is 0.0599. The van der Waals surface area contributed by atoms with Crippen molar-refractivity contribution in [1.29, 1.82) is 0 Å². The number of hydrogen-bond donors (Lipinski definition) is 1. The molecule has 47 heavy (non-hydrogen) atoms. The number of hydrogen-bond acceptors (Lipinski definition) is 6. The lowest BCUT2D eigenvalue weighted by Gasteiger charge is -2.44. The Morgan fingerprint density at radius 1 is 0.787 bits per heavy atom. The zero-order valence-corrected chi connectivity index (χ0v) is 26.7. The van der Waals surface area contributed by atoms with Crippen molar-refractivity contribution in [2.24, 2.45) is 0 Å². The minimum Gasteiger partial charge on any atom is -0.493 e. The van der Waals surface area contributed by atoms with Gasteiger partial charge in [0.05, 0.1) is 18.9 Å². The van der Waals surface area contributed by atoms with Gasteiger partial charge in [0.25, 0.3) is 11.8 Å². The molecule has 0 aliphatic carbocycles. The number of carbonyl (C=O) groups excluding carboxylic acids is 3. The standard InChI is InChI=1S/C39H37N3O5/c1-24(2)47-34-15-14-25(21-35(34)46-3)20-33-37(43)40-39(45)42(38(33)44)28-22-31-29(26-10-6-4-7-11-26)16-18-41-19-17-30(32(23-28)36(31)41)27-12-8-5-9-13-27/h4-15,20-24,29-30H,16-19H2,1-3H3,(H,40,43,45)/b33-20+/t29-,30-/m1/s1. The van der Waals surface area contributed by atoms with Crippen LogP contribution in [0.25, 0.3) is 6.08 Å². The molecular formula is C39H37N3O5. The molecule has 8 nitrogen and oxygen atoms in total. The predicted octanol–water partition coefficient (Wildman–Crippen LogP) is 7.03. The van der Waals surface area contributed by atoms with Gasteiger partial charge in [0.15, 0.2) is 11.5 Å². The number of methoxy groups -OCH3 is 1. The highest BCUT2D eigenvalue weighted by molar-refractivity contribution is 6.39. The van der Waals surface area contributed by atoms with Crippen molar-refractivity contribution in [3.8, 4) is 11.5 Å². The molecule has 0 saturated carbocycles. The van der Waals surface area contributed by atoms with Gasteiger partial charge < -0.3 is 14.4 Å². The van der Waals surface area contributed by atoms with Crippen LogP contribution < -0.4 is 24.6 Å². The maximum Gasteiger partial charge on any atom is 0.335 e. The minimum atomic E-state index is -0.765. The number of carbonyl (C=O) groups is 3. The van der Waals surface area contributed by atoms with Crippen molar-refractivity contribution in [3.63, 3.8) is 0 Å². The van der Waals surface area contributed by atoms with Crippen LogP contribution in [0.2, 0.25) is 0 Å². The summed E-state index contributed by atoms with van der Waals surface area (Å²) in [6.45, 7) is 5.69. The molecule has 238 valence electrons. The Hall–Kier alpha value is -5.37. The quantitative estimate of drug-likeness (QED) is 0.175. The fraction of sp³-hybridized carbons (Fsp3) is 0.256. The Morgan fingerprint density at radius 3 is 1.94 bits per heavy atom. The molecule has 1 N–H and O–H groups in total. The van der Waals surface area contributed by atoms with Crippen LogP contribution in [0.1, 0.15) is 66.3 Å². The van der Waals surface area contributed by atoms with Gasteiger partial charge >= 0.3 is 6.03 Å². The summed E-state index contributed by atoms with van der Waals surface area (Å²) in [5, 5.41) is 2.41. The predicted molar refractivity (Wildman–Crippen MR) is 182 cm³/mol. The van der Waals surface area contributed by atoms with Gasteiger partial charge in [-0.3, -0.25) is 14.9 Å². The van der Waals surface area contributed by atoms with Crippen LogP contribution >= 0.6 is 0 Å². The number of anilines is 2. The van der Waals surface area contributed by atoms with E-state index in [1.165, 1.54) is 30.0 Å². The molecule has 3 aliphatic rings. The van der Waals surface area contributed by atoms with Gasteiger partial charge in [-0.25, -0.2) is 9.69 Å². The van der Waals surface area contributed by atoms with Crippen LogP contribution in [-0.2, 0) is 9.59 Å². The Morgan fingerprint density at radius 2 is 1.38 bits per heavy atom. The third-order valence-corrected chi connectivity index (χ3v) is 9.22. The summed E-state index contributed by atoms with van der Waals surface area (Å²) < 4.78 is 11.3. The fourth-order valence-electron chi connectivity index (χ4n) is 7.15. The number of benzene rings is 4. The summed E-state index contributed by atoms with van der Waals surface area (Å²) >= 11 is 0. The molecule has 0 bridgehead atoms. The summed E-state index contributed by atoms with van der Waals surface area (Å²) in [5.74, 6) is -0.208. The lowest BCUT2D eigenvalue weighted by Crippen LogP contribution is -2.54. The monoisotopic (exact) mass is 627 g/mol. The Balaban J connectivity index is 1.35. The van der Waals surface area contributed by atoms with Gasteiger partial charge in [-0.15, -0.1) is 0 Å². The van der Waals surface area contributed by atoms with Gasteiger partial charge in [-0.2, -0.15) is 0 Å². The van der Waals surface area contributed by atoms with Gasteiger partial charge in [0, 0.05) is 30.6 Å². The molecule has 1 fully saturated rings. The summed E-state index contributed by atoms with van der Waals surface area (Å²) in [6.07, 6.45) is 3.26. The molecule has 8 heteroatoms. The molecule has 0 unspecified atom stereocenters. The molecule has 1 saturated heterocycles. The SMILES string of the molecule is COc1cc(/C=C2\C(=O)NC(=O)N(c3cc4c5c(c3)[C@@H](c3ccccc3)CCN5CC[C@@H]4c3ccccc3)C2=O)ccc1OC(C)C. The second-order valence-corrected chi connectivity index (χ2v) is 12.5. The van der Waals surface area contributed by atoms with E-state index < -0.39 is 17.8 Å². The van der Waals surface area contributed by atoms with Crippen molar-refractivity contribution in [1.82, 2.24) is 5.32 Å². The number of rotatable bonds is 7. The smallest absolute Gasteiger partial charge is 0.335 e. The van der Waals surface area contributed by atoms with E-state index >= 15 is 0 Å². The summed E-state index contributed by atoms with van der Waals surface area (Å²) in [5.41, 5.74) is 6.61. The number of barbiturate groups is 1. The van der Waals surface area contributed by atoms with Gasteiger partial charge in [-0.05, 0) is 84.8 Å². The van der Waals surface area contributed by atoms with E-state index in [2.05, 4.69) is 34.5 Å². The molecule has 0 spiro atoms. The first-order valence-corrected chi connectivity index (χ1v) is 16.1. The van der Waals surface area contributed by atoms with Crippen LogP contribution in [0.3, 0.4) is 0 Å². The number of imide groups is 2. The van der Waals surface area contributed by atoms with Gasteiger partial charge in [0.1, 0.15) is 5.57 Å². The van der Waals surface area contributed by atoms with Gasteiger partial charge in [0.2, 0.25) is 0 Å². The first kappa shape index (κ1) is 30.3. The molecule has 3 heterocycles.